The van der Waals surface area contributed by atoms with E-state index in [1.807, 2.05) is 25.1 Å². The predicted molar refractivity (Wildman–Crippen MR) is 156 cm³/mol. The van der Waals surface area contributed by atoms with Gasteiger partial charge in [-0.15, -0.1) is 0 Å². The molecular formula is C31H42N4O7. The number of rotatable bonds is 6. The number of carbonyl (C=O) groups is 5. The number of phenolic OH excluding ortho intramolecular Hbond substituents is 1. The molecule has 3 saturated carbocycles. The number of ketones is 4. The number of Topliss-reactive ketones (excluding diaryl/α,β-unsaturated/α-hetero) is 4. The Labute approximate surface area is 246 Å². The van der Waals surface area contributed by atoms with Crippen molar-refractivity contribution in [3.8, 4) is 5.75 Å². The molecule has 0 aliphatic heterocycles. The fourth-order valence-corrected chi connectivity index (χ4v) is 7.95. The van der Waals surface area contributed by atoms with Crippen LogP contribution < -0.4 is 15.5 Å². The second kappa shape index (κ2) is 11.1. The summed E-state index contributed by atoms with van der Waals surface area (Å²) in [5.41, 5.74) is -0.931. The topological polar surface area (TPSA) is 156 Å². The van der Waals surface area contributed by atoms with Crippen molar-refractivity contribution in [1.82, 2.24) is 10.2 Å². The van der Waals surface area contributed by atoms with Crippen molar-refractivity contribution in [2.75, 3.05) is 52.0 Å². The molecule has 4 N–H and O–H groups in total. The van der Waals surface area contributed by atoms with Crippen LogP contribution in [0.4, 0.5) is 11.4 Å². The summed E-state index contributed by atoms with van der Waals surface area (Å²) >= 11 is 0. The van der Waals surface area contributed by atoms with Gasteiger partial charge in [-0.2, -0.15) is 0 Å². The summed E-state index contributed by atoms with van der Waals surface area (Å²) in [7, 11) is 8.16. The second-order valence-corrected chi connectivity index (χ2v) is 12.9. The molecule has 6 atom stereocenters. The maximum atomic E-state index is 14.2. The first-order chi connectivity index (χ1) is 19.8. The minimum atomic E-state index is -2.69. The zero-order chi connectivity index (χ0) is 30.7. The van der Waals surface area contributed by atoms with Crippen molar-refractivity contribution in [2.45, 2.75) is 56.6 Å². The first-order valence-electron chi connectivity index (χ1n) is 14.9. The number of phenols is 1. The van der Waals surface area contributed by atoms with E-state index in [2.05, 4.69) is 10.6 Å². The van der Waals surface area contributed by atoms with Crippen LogP contribution >= 0.6 is 0 Å². The number of nitrogens with one attached hydrogen (secondary N) is 2. The largest absolute Gasteiger partial charge is 0.505 e. The summed E-state index contributed by atoms with van der Waals surface area (Å²) in [5.74, 6) is -9.15. The maximum Gasteiger partial charge on any atom is 0.238 e. The molecule has 3 fully saturated rings. The number of benzene rings is 1. The van der Waals surface area contributed by atoms with Crippen molar-refractivity contribution < 1.29 is 34.2 Å². The molecule has 1 amide bonds. The Bertz CT molecular complexity index is 1330. The van der Waals surface area contributed by atoms with E-state index in [0.29, 0.717) is 23.7 Å². The molecule has 0 heterocycles. The molecule has 0 saturated heterocycles. The molecular weight excluding hydrogens is 540 g/mol. The highest BCUT2D eigenvalue weighted by Crippen LogP contribution is 2.52. The van der Waals surface area contributed by atoms with Crippen LogP contribution in [0.5, 0.6) is 5.75 Å². The van der Waals surface area contributed by atoms with Gasteiger partial charge in [0.1, 0.15) is 5.75 Å². The fraction of sp³-hybridized carbons (Fsp3) is 0.645. The quantitative estimate of drug-likeness (QED) is 0.284. The average Bonchev–Trinajstić information content (AvgIpc) is 2.94. The summed E-state index contributed by atoms with van der Waals surface area (Å²) in [6.07, 6.45) is 6.04. The lowest BCUT2D eigenvalue weighted by molar-refractivity contribution is -0.181. The van der Waals surface area contributed by atoms with Crippen molar-refractivity contribution in [3.63, 3.8) is 0 Å². The number of likely N-dealkylation sites (N-methyl/N-ethyl adjacent to an activating group) is 1. The van der Waals surface area contributed by atoms with E-state index < -0.39 is 64.4 Å². The van der Waals surface area contributed by atoms with Gasteiger partial charge in [0.25, 0.3) is 0 Å². The Kier molecular flexibility index (Phi) is 7.95. The monoisotopic (exact) mass is 582 g/mol. The molecule has 11 heteroatoms. The Morgan fingerprint density at radius 3 is 2.31 bits per heavy atom. The highest BCUT2D eigenvalue weighted by molar-refractivity contribution is 6.32. The fourth-order valence-electron chi connectivity index (χ4n) is 7.95. The number of hydrogen-bond acceptors (Lipinski definition) is 10. The molecule has 42 heavy (non-hydrogen) atoms. The molecule has 2 unspecified atom stereocenters. The third kappa shape index (κ3) is 4.52. The van der Waals surface area contributed by atoms with E-state index in [9.17, 15) is 34.2 Å². The molecule has 0 radical (unpaired) electrons. The Morgan fingerprint density at radius 1 is 1.05 bits per heavy atom. The van der Waals surface area contributed by atoms with E-state index in [-0.39, 0.29) is 24.2 Å². The smallest absolute Gasteiger partial charge is 0.238 e. The highest BCUT2D eigenvalue weighted by atomic mass is 16.3. The van der Waals surface area contributed by atoms with Crippen molar-refractivity contribution in [2.24, 2.45) is 29.6 Å². The number of nitrogens with zero attached hydrogens (tertiary/aromatic N) is 2. The molecule has 1 aromatic carbocycles. The minimum absolute atomic E-state index is 0.0235. The third-order valence-corrected chi connectivity index (χ3v) is 10.0. The summed E-state index contributed by atoms with van der Waals surface area (Å²) < 4.78 is 0. The molecule has 0 spiro atoms. The summed E-state index contributed by atoms with van der Waals surface area (Å²) in [5, 5.41) is 28.9. The number of amides is 1. The van der Waals surface area contributed by atoms with E-state index in [1.165, 1.54) is 31.2 Å². The van der Waals surface area contributed by atoms with Crippen LogP contribution in [-0.2, 0) is 25.6 Å². The van der Waals surface area contributed by atoms with E-state index in [1.54, 1.807) is 14.1 Å². The van der Waals surface area contributed by atoms with Gasteiger partial charge in [0.05, 0.1) is 23.2 Å². The van der Waals surface area contributed by atoms with Crippen molar-refractivity contribution >= 4 is 40.4 Å². The lowest BCUT2D eigenvalue weighted by Crippen LogP contribution is -2.74. The van der Waals surface area contributed by atoms with Crippen LogP contribution in [0.3, 0.4) is 0 Å². The summed E-state index contributed by atoms with van der Waals surface area (Å²) in [6, 6.07) is 0.750. The van der Waals surface area contributed by atoms with Gasteiger partial charge in [-0.3, -0.25) is 28.9 Å². The summed E-state index contributed by atoms with van der Waals surface area (Å²) in [4.78, 5) is 71.5. The van der Waals surface area contributed by atoms with Crippen molar-refractivity contribution in [1.29, 1.82) is 0 Å². The number of carbonyl (C=O) groups excluding carboxylic acids is 5. The van der Waals surface area contributed by atoms with Crippen molar-refractivity contribution in [3.05, 3.63) is 17.2 Å². The third-order valence-electron chi connectivity index (χ3n) is 10.0. The first-order valence-corrected chi connectivity index (χ1v) is 14.9. The van der Waals surface area contributed by atoms with Gasteiger partial charge >= 0.3 is 0 Å². The molecule has 5 rings (SSSR count). The molecule has 228 valence electrons. The average molecular weight is 583 g/mol. The Hall–Kier alpha value is -3.31. The van der Waals surface area contributed by atoms with Crippen LogP contribution in [0.15, 0.2) is 6.07 Å². The standard InChI is InChI=1S/C31H42N4O7/c1-32-30(41)23-27(38)24(35(4)5)18-12-16-11-17-20(34(2)3)13-19(33-14-15-9-7-6-8-10-15)25(36)22(17)26(37)21(16)28(39)31(18,42)29(23)40/h13,15-16,18,21,23-24,33,36,42H,6-12,14H2,1-5H3,(H,32,41)/t16-,18-,21?,23?,24-,31-/m0/s1. The van der Waals surface area contributed by atoms with Crippen LogP contribution in [0.25, 0.3) is 0 Å². The number of anilines is 2. The van der Waals surface area contributed by atoms with Gasteiger partial charge in [-0.25, -0.2) is 0 Å². The Balaban J connectivity index is 1.57. The number of hydrogen-bond donors (Lipinski definition) is 4. The van der Waals surface area contributed by atoms with Gasteiger partial charge in [0, 0.05) is 39.3 Å². The normalized spacial score (nSPS) is 31.4. The summed E-state index contributed by atoms with van der Waals surface area (Å²) in [6.45, 7) is 0.648. The molecule has 0 aromatic heterocycles. The van der Waals surface area contributed by atoms with E-state index in [0.717, 1.165) is 18.5 Å². The van der Waals surface area contributed by atoms with Gasteiger partial charge in [-0.1, -0.05) is 19.3 Å². The highest BCUT2D eigenvalue weighted by Gasteiger charge is 2.69. The number of aliphatic hydroxyl groups is 1. The van der Waals surface area contributed by atoms with Crippen LogP contribution in [-0.4, -0.2) is 97.6 Å². The molecule has 4 aliphatic rings. The SMILES string of the molecule is CNC(=O)C1C(=O)[C@@H](N(C)C)[C@@H]2C[C@@H]3Cc4c(N(C)C)cc(NCC5CCCCC5)c(O)c4C(=O)C3C(=O)[C@]2(O)C1=O. The first kappa shape index (κ1) is 30.2. The minimum Gasteiger partial charge on any atom is -0.505 e. The maximum absolute atomic E-state index is 14.2. The van der Waals surface area contributed by atoms with Gasteiger partial charge in [0.15, 0.2) is 34.7 Å². The molecule has 1 aromatic rings. The lowest BCUT2D eigenvalue weighted by Gasteiger charge is -2.52. The molecule has 11 nitrogen and oxygen atoms in total. The molecule has 0 bridgehead atoms. The number of aromatic hydroxyl groups is 1. The second-order valence-electron chi connectivity index (χ2n) is 12.9. The zero-order valence-corrected chi connectivity index (χ0v) is 25.0. The molecule has 4 aliphatic carbocycles. The predicted octanol–water partition coefficient (Wildman–Crippen LogP) is 1.19. The lowest BCUT2D eigenvalue weighted by atomic mass is 9.52. The van der Waals surface area contributed by atoms with E-state index >= 15 is 0 Å². The Morgan fingerprint density at radius 2 is 1.71 bits per heavy atom. The zero-order valence-electron chi connectivity index (χ0n) is 25.0. The van der Waals surface area contributed by atoms with Crippen LogP contribution in [0.2, 0.25) is 0 Å². The van der Waals surface area contributed by atoms with Crippen LogP contribution in [0.1, 0.15) is 54.4 Å². The number of fused-ring (bicyclic) bond motifs is 3. The van der Waals surface area contributed by atoms with Crippen LogP contribution in [0, 0.1) is 29.6 Å². The van der Waals surface area contributed by atoms with Gasteiger partial charge in [0.2, 0.25) is 5.91 Å². The van der Waals surface area contributed by atoms with E-state index in [4.69, 9.17) is 0 Å². The van der Waals surface area contributed by atoms with Gasteiger partial charge in [-0.05, 0) is 63.2 Å². The van der Waals surface area contributed by atoms with Gasteiger partial charge < -0.3 is 25.7 Å².